The van der Waals surface area contributed by atoms with Crippen LogP contribution in [0.2, 0.25) is 0 Å². The quantitative estimate of drug-likeness (QED) is 0.565. The summed E-state index contributed by atoms with van der Waals surface area (Å²) in [6, 6.07) is 17.0. The lowest BCUT2D eigenvalue weighted by Crippen LogP contribution is -2.12. The van der Waals surface area contributed by atoms with Crippen molar-refractivity contribution in [3.63, 3.8) is 0 Å². The first-order valence-corrected chi connectivity index (χ1v) is 9.30. The molecule has 4 aromatic rings. The number of carbonyl (C=O) groups is 1. The molecule has 0 saturated heterocycles. The van der Waals surface area contributed by atoms with Gasteiger partial charge in [0.25, 0.3) is 5.91 Å². The third-order valence-electron chi connectivity index (χ3n) is 4.73. The molecule has 8 heteroatoms. The maximum absolute atomic E-state index is 12.6. The van der Waals surface area contributed by atoms with Crippen molar-refractivity contribution >= 4 is 11.7 Å². The number of aryl methyl sites for hydroxylation is 1. The number of hydrogen-bond donors (Lipinski definition) is 1. The normalized spacial score (nSPS) is 12.0. The highest BCUT2D eigenvalue weighted by molar-refractivity contribution is 6.04. The minimum absolute atomic E-state index is 0.232. The van der Waals surface area contributed by atoms with E-state index in [1.165, 1.54) is 4.68 Å². The maximum Gasteiger partial charge on any atom is 0.256 e. The van der Waals surface area contributed by atoms with Gasteiger partial charge in [0.1, 0.15) is 0 Å². The van der Waals surface area contributed by atoms with E-state index in [0.717, 1.165) is 28.1 Å². The molecular weight excluding hydrogens is 382 g/mol. The molecule has 0 aliphatic carbocycles. The molecule has 0 saturated carbocycles. The van der Waals surface area contributed by atoms with Crippen LogP contribution in [-0.4, -0.2) is 32.7 Å². The van der Waals surface area contributed by atoms with Gasteiger partial charge >= 0.3 is 0 Å². The monoisotopic (exact) mass is 399 g/mol. The summed E-state index contributed by atoms with van der Waals surface area (Å²) < 4.78 is 12.4. The lowest BCUT2D eigenvalue weighted by atomic mass is 10.0. The summed E-state index contributed by atoms with van der Waals surface area (Å²) in [5.74, 6) is 1.60. The van der Waals surface area contributed by atoms with Crippen LogP contribution in [0.25, 0.3) is 22.4 Å². The van der Waals surface area contributed by atoms with Gasteiger partial charge in [0, 0.05) is 24.4 Å². The number of pyridine rings is 1. The molecule has 8 nitrogen and oxygen atoms in total. The van der Waals surface area contributed by atoms with Gasteiger partial charge in [0.15, 0.2) is 17.3 Å². The van der Waals surface area contributed by atoms with Crippen LogP contribution < -0.4 is 14.8 Å². The molecule has 0 unspecified atom stereocenters. The summed E-state index contributed by atoms with van der Waals surface area (Å²) in [6.45, 7) is 0.232. The fourth-order valence-electron chi connectivity index (χ4n) is 3.26. The highest BCUT2D eigenvalue weighted by Gasteiger charge is 2.15. The second-order valence-electron chi connectivity index (χ2n) is 6.81. The molecule has 1 aliphatic heterocycles. The van der Waals surface area contributed by atoms with Gasteiger partial charge in [-0.15, -0.1) is 5.10 Å². The number of nitrogens with one attached hydrogen (secondary N) is 1. The lowest BCUT2D eigenvalue weighted by Gasteiger charge is -2.08. The average Bonchev–Trinajstić information content (AvgIpc) is 3.42. The molecular formula is C22H17N5O3. The second kappa shape index (κ2) is 7.32. The molecule has 0 bridgehead atoms. The summed E-state index contributed by atoms with van der Waals surface area (Å²) in [5.41, 5.74) is 4.12. The van der Waals surface area contributed by atoms with Crippen LogP contribution in [0.3, 0.4) is 0 Å². The van der Waals surface area contributed by atoms with Crippen LogP contribution in [0.5, 0.6) is 11.5 Å². The zero-order chi connectivity index (χ0) is 20.5. The largest absolute Gasteiger partial charge is 0.454 e. The molecule has 1 amide bonds. The Kier molecular flexibility index (Phi) is 4.36. The fraction of sp³-hybridized carbons (Fsp3) is 0.0909. The number of amides is 1. The Morgan fingerprint density at radius 1 is 1.00 bits per heavy atom. The van der Waals surface area contributed by atoms with Crippen LogP contribution in [0.4, 0.5) is 5.82 Å². The fourth-order valence-corrected chi connectivity index (χ4v) is 3.26. The van der Waals surface area contributed by atoms with E-state index >= 15 is 0 Å². The Bertz CT molecular complexity index is 1250. The van der Waals surface area contributed by atoms with Crippen LogP contribution in [-0.2, 0) is 7.05 Å². The van der Waals surface area contributed by atoms with Gasteiger partial charge in [-0.3, -0.25) is 14.5 Å². The van der Waals surface area contributed by atoms with E-state index in [9.17, 15) is 4.79 Å². The van der Waals surface area contributed by atoms with Crippen LogP contribution in [0, 0.1) is 0 Å². The number of rotatable bonds is 4. The van der Waals surface area contributed by atoms with Crippen molar-refractivity contribution < 1.29 is 14.3 Å². The lowest BCUT2D eigenvalue weighted by molar-refractivity contribution is 0.102. The third-order valence-corrected chi connectivity index (χ3v) is 4.73. The molecule has 0 spiro atoms. The number of hydrogen-bond acceptors (Lipinski definition) is 6. The van der Waals surface area contributed by atoms with Gasteiger partial charge < -0.3 is 14.8 Å². The van der Waals surface area contributed by atoms with Crippen molar-refractivity contribution in [2.24, 2.45) is 7.05 Å². The molecule has 0 radical (unpaired) electrons. The van der Waals surface area contributed by atoms with Gasteiger partial charge in [0.2, 0.25) is 6.79 Å². The van der Waals surface area contributed by atoms with Crippen molar-refractivity contribution in [3.05, 3.63) is 72.6 Å². The molecule has 0 atom stereocenters. The number of carbonyl (C=O) groups excluding carboxylic acids is 1. The predicted octanol–water partition coefficient (Wildman–Crippen LogP) is 3.53. The number of nitrogens with zero attached hydrogens (tertiary/aromatic N) is 4. The Morgan fingerprint density at radius 3 is 2.73 bits per heavy atom. The standard InChI is InChI=1S/C22H17N5O3/c1-27-12-21(25-26-27)24-22(28)17-4-2-3-14(9-17)15-7-8-23-18(10-15)16-5-6-19-20(11-16)30-13-29-19/h2-12H,13H2,1H3,(H,24,28). The second-order valence-corrected chi connectivity index (χ2v) is 6.81. The molecule has 1 N–H and O–H groups in total. The number of anilines is 1. The minimum Gasteiger partial charge on any atom is -0.454 e. The first-order valence-electron chi connectivity index (χ1n) is 9.30. The van der Waals surface area contributed by atoms with E-state index in [1.54, 1.807) is 25.5 Å². The third kappa shape index (κ3) is 3.46. The Labute approximate surface area is 172 Å². The van der Waals surface area contributed by atoms with E-state index in [-0.39, 0.29) is 12.7 Å². The topological polar surface area (TPSA) is 91.2 Å². The number of ether oxygens (including phenoxy) is 2. The van der Waals surface area contributed by atoms with Crippen molar-refractivity contribution in [2.45, 2.75) is 0 Å². The summed E-state index contributed by atoms with van der Waals surface area (Å²) in [6.07, 6.45) is 3.39. The van der Waals surface area contributed by atoms with E-state index in [0.29, 0.717) is 17.1 Å². The van der Waals surface area contributed by atoms with Crippen LogP contribution >= 0.6 is 0 Å². The molecule has 30 heavy (non-hydrogen) atoms. The summed E-state index contributed by atoms with van der Waals surface area (Å²) in [5, 5.41) is 10.4. The summed E-state index contributed by atoms with van der Waals surface area (Å²) in [4.78, 5) is 17.1. The van der Waals surface area contributed by atoms with Gasteiger partial charge in [0.05, 0.1) is 11.9 Å². The molecule has 3 heterocycles. The average molecular weight is 399 g/mol. The molecule has 5 rings (SSSR count). The highest BCUT2D eigenvalue weighted by Crippen LogP contribution is 2.36. The number of aromatic nitrogens is 4. The molecule has 1 aliphatic rings. The van der Waals surface area contributed by atoms with E-state index in [2.05, 4.69) is 20.6 Å². The molecule has 0 fully saturated rings. The minimum atomic E-state index is -0.248. The van der Waals surface area contributed by atoms with Crippen LogP contribution in [0.15, 0.2) is 67.0 Å². The van der Waals surface area contributed by atoms with Crippen LogP contribution in [0.1, 0.15) is 10.4 Å². The zero-order valence-electron chi connectivity index (χ0n) is 16.1. The number of benzene rings is 2. The first-order chi connectivity index (χ1) is 14.7. The Morgan fingerprint density at radius 2 is 1.87 bits per heavy atom. The molecule has 2 aromatic heterocycles. The first kappa shape index (κ1) is 17.9. The Balaban J connectivity index is 1.43. The van der Waals surface area contributed by atoms with Crippen molar-refractivity contribution in [1.82, 2.24) is 20.0 Å². The van der Waals surface area contributed by atoms with Gasteiger partial charge in [-0.05, 0) is 53.6 Å². The smallest absolute Gasteiger partial charge is 0.256 e. The van der Waals surface area contributed by atoms with Crippen molar-refractivity contribution in [2.75, 3.05) is 12.1 Å². The van der Waals surface area contributed by atoms with Gasteiger partial charge in [-0.1, -0.05) is 17.3 Å². The SMILES string of the molecule is Cn1cc(NC(=O)c2cccc(-c3ccnc(-c4ccc5c(c4)OCO5)c3)c2)nn1. The maximum atomic E-state index is 12.6. The number of fused-ring (bicyclic) bond motifs is 1. The summed E-state index contributed by atoms with van der Waals surface area (Å²) in [7, 11) is 1.74. The van der Waals surface area contributed by atoms with Crippen molar-refractivity contribution in [1.29, 1.82) is 0 Å². The summed E-state index contributed by atoms with van der Waals surface area (Å²) >= 11 is 0. The highest BCUT2D eigenvalue weighted by atomic mass is 16.7. The van der Waals surface area contributed by atoms with E-state index in [4.69, 9.17) is 9.47 Å². The Hall–Kier alpha value is -4.20. The zero-order valence-corrected chi connectivity index (χ0v) is 16.1. The molecule has 2 aromatic carbocycles. The van der Waals surface area contributed by atoms with E-state index < -0.39 is 0 Å². The van der Waals surface area contributed by atoms with Gasteiger partial charge in [-0.25, -0.2) is 0 Å². The van der Waals surface area contributed by atoms with Gasteiger partial charge in [-0.2, -0.15) is 0 Å². The van der Waals surface area contributed by atoms with E-state index in [1.807, 2.05) is 48.5 Å². The predicted molar refractivity (Wildman–Crippen MR) is 110 cm³/mol. The molecule has 148 valence electrons. The van der Waals surface area contributed by atoms with Crippen molar-refractivity contribution in [3.8, 4) is 33.9 Å².